The zero-order valence-electron chi connectivity index (χ0n) is 18.9. The van der Waals surface area contributed by atoms with Crippen molar-refractivity contribution < 1.29 is 9.53 Å². The average molecular weight is 410 g/mol. The molecule has 162 valence electrons. The minimum Gasteiger partial charge on any atom is -0.373 e. The smallest absolute Gasteiger partial charge is 0.255 e. The van der Waals surface area contributed by atoms with Gasteiger partial charge in [0.15, 0.2) is 0 Å². The van der Waals surface area contributed by atoms with Crippen molar-refractivity contribution in [2.75, 3.05) is 29.9 Å². The molecule has 1 heterocycles. The van der Waals surface area contributed by atoms with Crippen molar-refractivity contribution in [3.8, 4) is 0 Å². The van der Waals surface area contributed by atoms with Gasteiger partial charge in [-0.25, -0.2) is 0 Å². The first-order valence-electron chi connectivity index (χ1n) is 11.0. The van der Waals surface area contributed by atoms with Crippen molar-refractivity contribution in [1.29, 1.82) is 0 Å². The van der Waals surface area contributed by atoms with E-state index in [0.717, 1.165) is 31.9 Å². The van der Waals surface area contributed by atoms with Crippen LogP contribution >= 0.6 is 0 Å². The molecule has 0 saturated carbocycles. The Kier molecular flexibility index (Phi) is 7.51. The van der Waals surface area contributed by atoms with Crippen molar-refractivity contribution in [1.82, 2.24) is 4.90 Å². The topological polar surface area (TPSA) is 44.8 Å². The number of carbonyl (C=O) groups is 1. The van der Waals surface area contributed by atoms with Crippen LogP contribution in [0.4, 0.5) is 11.4 Å². The molecule has 30 heavy (non-hydrogen) atoms. The summed E-state index contributed by atoms with van der Waals surface area (Å²) in [6.07, 6.45) is 0.519. The second-order valence-corrected chi connectivity index (χ2v) is 8.53. The lowest BCUT2D eigenvalue weighted by atomic mass is 10.1. The number of anilines is 2. The first-order chi connectivity index (χ1) is 14.4. The van der Waals surface area contributed by atoms with Crippen LogP contribution in [0.1, 0.15) is 50.5 Å². The Morgan fingerprint density at radius 3 is 2.20 bits per heavy atom. The number of nitrogens with one attached hydrogen (secondary N) is 1. The Hall–Kier alpha value is -2.37. The molecule has 0 spiro atoms. The summed E-state index contributed by atoms with van der Waals surface area (Å²) in [5.74, 6) is -0.0841. The van der Waals surface area contributed by atoms with Crippen LogP contribution in [-0.4, -0.2) is 48.7 Å². The van der Waals surface area contributed by atoms with Crippen LogP contribution in [0.3, 0.4) is 0 Å². The Labute approximate surface area is 181 Å². The first kappa shape index (κ1) is 22.3. The number of hydrogen-bond donors (Lipinski definition) is 1. The molecule has 2 atom stereocenters. The zero-order chi connectivity index (χ0) is 21.7. The maximum absolute atomic E-state index is 12.6. The monoisotopic (exact) mass is 409 g/mol. The van der Waals surface area contributed by atoms with Gasteiger partial charge in [0, 0.05) is 49.2 Å². The maximum atomic E-state index is 12.6. The van der Waals surface area contributed by atoms with Crippen LogP contribution in [-0.2, 0) is 11.3 Å². The summed E-state index contributed by atoms with van der Waals surface area (Å²) in [4.78, 5) is 17.4. The van der Waals surface area contributed by atoms with Crippen molar-refractivity contribution in [2.24, 2.45) is 0 Å². The number of nitrogens with zero attached hydrogens (tertiary/aromatic N) is 2. The van der Waals surface area contributed by atoms with E-state index < -0.39 is 0 Å². The normalized spacial score (nSPS) is 19.7. The summed E-state index contributed by atoms with van der Waals surface area (Å²) in [6, 6.07) is 16.4. The molecule has 5 nitrogen and oxygen atoms in total. The van der Waals surface area contributed by atoms with E-state index in [2.05, 4.69) is 61.9 Å². The lowest BCUT2D eigenvalue weighted by Crippen LogP contribution is -2.44. The van der Waals surface area contributed by atoms with Gasteiger partial charge in [0.25, 0.3) is 5.91 Å². The molecule has 3 rings (SSSR count). The fraction of sp³-hybridized carbons (Fsp3) is 0.480. The number of ether oxygens (including phenoxy) is 1. The van der Waals surface area contributed by atoms with Crippen LogP contribution < -0.4 is 10.2 Å². The minimum absolute atomic E-state index is 0.0841. The summed E-state index contributed by atoms with van der Waals surface area (Å²) in [7, 11) is 0. The van der Waals surface area contributed by atoms with Gasteiger partial charge in [0.2, 0.25) is 0 Å². The Morgan fingerprint density at radius 1 is 1.07 bits per heavy atom. The van der Waals surface area contributed by atoms with E-state index in [-0.39, 0.29) is 18.1 Å². The molecule has 1 amide bonds. The predicted octanol–water partition coefficient (Wildman–Crippen LogP) is 4.78. The van der Waals surface area contributed by atoms with E-state index in [1.165, 1.54) is 11.3 Å². The number of morpholine rings is 1. The van der Waals surface area contributed by atoms with Gasteiger partial charge < -0.3 is 15.0 Å². The van der Waals surface area contributed by atoms with Crippen LogP contribution in [0.15, 0.2) is 48.5 Å². The van der Waals surface area contributed by atoms with Crippen LogP contribution in [0.2, 0.25) is 0 Å². The van der Waals surface area contributed by atoms with Crippen molar-refractivity contribution in [3.63, 3.8) is 0 Å². The Bertz CT molecular complexity index is 807. The van der Waals surface area contributed by atoms with Gasteiger partial charge in [-0.05, 0) is 76.6 Å². The Balaban J connectivity index is 1.58. The molecule has 2 aromatic rings. The maximum Gasteiger partial charge on any atom is 0.255 e. The number of amides is 1. The van der Waals surface area contributed by atoms with E-state index in [9.17, 15) is 4.79 Å². The number of rotatable bonds is 7. The summed E-state index contributed by atoms with van der Waals surface area (Å²) >= 11 is 0. The summed E-state index contributed by atoms with van der Waals surface area (Å²) in [6.45, 7) is 14.5. The fourth-order valence-corrected chi connectivity index (χ4v) is 4.22. The molecule has 2 aromatic carbocycles. The van der Waals surface area contributed by atoms with Gasteiger partial charge in [0.05, 0.1) is 12.2 Å². The third-order valence-corrected chi connectivity index (χ3v) is 5.54. The molecule has 2 unspecified atom stereocenters. The van der Waals surface area contributed by atoms with E-state index in [1.54, 1.807) is 0 Å². The SMILES string of the molecule is CCN(c1ccc(NC(=O)c2ccc(CN3CC(C)OC(C)C3)cc2)cc1)C(C)C. The molecule has 0 radical (unpaired) electrons. The van der Waals surface area contributed by atoms with E-state index in [0.29, 0.717) is 11.6 Å². The van der Waals surface area contributed by atoms with Crippen LogP contribution in [0.5, 0.6) is 0 Å². The molecule has 1 aliphatic rings. The van der Waals surface area contributed by atoms with Crippen molar-refractivity contribution in [3.05, 3.63) is 59.7 Å². The highest BCUT2D eigenvalue weighted by Crippen LogP contribution is 2.21. The Morgan fingerprint density at radius 2 is 1.67 bits per heavy atom. The van der Waals surface area contributed by atoms with Gasteiger partial charge in [0.1, 0.15) is 0 Å². The average Bonchev–Trinajstić information content (AvgIpc) is 2.69. The third kappa shape index (κ3) is 5.83. The lowest BCUT2D eigenvalue weighted by molar-refractivity contribution is -0.0704. The molecule has 0 bridgehead atoms. The van der Waals surface area contributed by atoms with Crippen molar-refractivity contribution >= 4 is 17.3 Å². The second-order valence-electron chi connectivity index (χ2n) is 8.53. The lowest BCUT2D eigenvalue weighted by Gasteiger charge is -2.35. The van der Waals surface area contributed by atoms with Gasteiger partial charge in [-0.15, -0.1) is 0 Å². The third-order valence-electron chi connectivity index (χ3n) is 5.54. The van der Waals surface area contributed by atoms with Crippen LogP contribution in [0, 0.1) is 0 Å². The molecule has 1 aliphatic heterocycles. The van der Waals surface area contributed by atoms with E-state index >= 15 is 0 Å². The molecule has 0 aromatic heterocycles. The fourth-order valence-electron chi connectivity index (χ4n) is 4.22. The number of hydrogen-bond acceptors (Lipinski definition) is 4. The highest BCUT2D eigenvalue weighted by Gasteiger charge is 2.22. The van der Waals surface area contributed by atoms with Gasteiger partial charge in [-0.2, -0.15) is 0 Å². The summed E-state index contributed by atoms with van der Waals surface area (Å²) in [5, 5.41) is 3.00. The number of benzene rings is 2. The molecular weight excluding hydrogens is 374 g/mol. The predicted molar refractivity (Wildman–Crippen MR) is 124 cm³/mol. The molecule has 1 fully saturated rings. The highest BCUT2D eigenvalue weighted by molar-refractivity contribution is 6.04. The molecule has 1 N–H and O–H groups in total. The van der Waals surface area contributed by atoms with Crippen LogP contribution in [0.25, 0.3) is 0 Å². The zero-order valence-corrected chi connectivity index (χ0v) is 18.9. The largest absolute Gasteiger partial charge is 0.373 e. The number of carbonyl (C=O) groups excluding carboxylic acids is 1. The summed E-state index contributed by atoms with van der Waals surface area (Å²) in [5.41, 5.74) is 3.86. The molecular formula is C25H35N3O2. The standard InChI is InChI=1S/C25H35N3O2/c1-6-28(18(2)3)24-13-11-23(12-14-24)26-25(29)22-9-7-21(8-10-22)17-27-15-19(4)30-20(5)16-27/h7-14,18-20H,6,15-17H2,1-5H3,(H,26,29). The van der Waals surface area contributed by atoms with E-state index in [1.807, 2.05) is 36.4 Å². The van der Waals surface area contributed by atoms with Crippen molar-refractivity contribution in [2.45, 2.75) is 59.4 Å². The minimum atomic E-state index is -0.0841. The highest BCUT2D eigenvalue weighted by atomic mass is 16.5. The molecule has 0 aliphatic carbocycles. The molecule has 5 heteroatoms. The first-order valence-corrected chi connectivity index (χ1v) is 11.0. The molecule has 1 saturated heterocycles. The summed E-state index contributed by atoms with van der Waals surface area (Å²) < 4.78 is 5.80. The van der Waals surface area contributed by atoms with Gasteiger partial charge in [-0.3, -0.25) is 9.69 Å². The quantitative estimate of drug-likeness (QED) is 0.715. The van der Waals surface area contributed by atoms with Gasteiger partial charge in [-0.1, -0.05) is 12.1 Å². The second kappa shape index (κ2) is 10.1. The van der Waals surface area contributed by atoms with E-state index in [4.69, 9.17) is 4.74 Å². The van der Waals surface area contributed by atoms with Gasteiger partial charge >= 0.3 is 0 Å².